The van der Waals surface area contributed by atoms with Gasteiger partial charge in [-0.05, 0) is 38.4 Å². The third-order valence-corrected chi connectivity index (χ3v) is 4.86. The predicted molar refractivity (Wildman–Crippen MR) is 121 cm³/mol. The maximum absolute atomic E-state index is 12.9. The summed E-state index contributed by atoms with van der Waals surface area (Å²) in [6.07, 6.45) is -1.02. The number of hydrogen-bond acceptors (Lipinski definition) is 8. The number of aliphatic hydroxyl groups is 1. The second kappa shape index (κ2) is 14.2. The van der Waals surface area contributed by atoms with Crippen molar-refractivity contribution in [3.8, 4) is 0 Å². The number of carbonyl (C=O) groups is 4. The molecule has 0 aromatic heterocycles. The minimum Gasteiger partial charge on any atom is -0.480 e. The SMILES string of the molecule is C[C@@H](O)[C@H](NC(=O)[C@@H](Cc1ccccc1)NC(=O)[C@H](CCN)NC(=O)[C@@H](N)CCN)C(=O)O. The number of aliphatic carboxylic acids is 1. The smallest absolute Gasteiger partial charge is 0.328 e. The van der Waals surface area contributed by atoms with Crippen molar-refractivity contribution in [1.29, 1.82) is 0 Å². The van der Waals surface area contributed by atoms with Crippen LogP contribution in [0.2, 0.25) is 0 Å². The molecule has 1 aromatic carbocycles. The van der Waals surface area contributed by atoms with Crippen LogP contribution in [0.3, 0.4) is 0 Å². The minimum atomic E-state index is -1.57. The largest absolute Gasteiger partial charge is 0.480 e. The highest BCUT2D eigenvalue weighted by Gasteiger charge is 2.31. The van der Waals surface area contributed by atoms with Crippen LogP contribution >= 0.6 is 0 Å². The number of benzene rings is 1. The van der Waals surface area contributed by atoms with Gasteiger partial charge in [0.1, 0.15) is 12.1 Å². The van der Waals surface area contributed by atoms with Crippen LogP contribution in [0.5, 0.6) is 0 Å². The number of rotatable bonds is 14. The van der Waals surface area contributed by atoms with E-state index in [2.05, 4.69) is 16.0 Å². The molecule has 0 aliphatic heterocycles. The Morgan fingerprint density at radius 3 is 1.94 bits per heavy atom. The van der Waals surface area contributed by atoms with Crippen LogP contribution in [-0.2, 0) is 25.6 Å². The summed E-state index contributed by atoms with van der Waals surface area (Å²) in [7, 11) is 0. The highest BCUT2D eigenvalue weighted by Crippen LogP contribution is 2.06. The second-order valence-corrected chi connectivity index (χ2v) is 7.64. The van der Waals surface area contributed by atoms with Crippen molar-refractivity contribution in [2.24, 2.45) is 17.2 Å². The van der Waals surface area contributed by atoms with Gasteiger partial charge in [0.15, 0.2) is 6.04 Å². The lowest BCUT2D eigenvalue weighted by Crippen LogP contribution is -2.59. The summed E-state index contributed by atoms with van der Waals surface area (Å²) in [5.41, 5.74) is 17.4. The molecular formula is C21H34N6O6. The Kier molecular flexibility index (Phi) is 12.0. The third kappa shape index (κ3) is 9.53. The van der Waals surface area contributed by atoms with Crippen molar-refractivity contribution >= 4 is 23.7 Å². The summed E-state index contributed by atoms with van der Waals surface area (Å²) in [6.45, 7) is 1.49. The van der Waals surface area contributed by atoms with E-state index in [0.717, 1.165) is 0 Å². The van der Waals surface area contributed by atoms with Gasteiger partial charge >= 0.3 is 5.97 Å². The Hall–Kier alpha value is -3.06. The van der Waals surface area contributed by atoms with E-state index in [9.17, 15) is 29.4 Å². The van der Waals surface area contributed by atoms with Crippen molar-refractivity contribution < 1.29 is 29.4 Å². The van der Waals surface area contributed by atoms with Crippen LogP contribution in [0.25, 0.3) is 0 Å². The van der Waals surface area contributed by atoms with Gasteiger partial charge in [-0.15, -0.1) is 0 Å². The molecule has 12 heteroatoms. The molecule has 0 saturated carbocycles. The van der Waals surface area contributed by atoms with E-state index in [1.165, 1.54) is 6.92 Å². The minimum absolute atomic E-state index is 0.0422. The number of hydrogen-bond donors (Lipinski definition) is 8. The van der Waals surface area contributed by atoms with Crippen molar-refractivity contribution in [1.82, 2.24) is 16.0 Å². The Labute approximate surface area is 192 Å². The highest BCUT2D eigenvalue weighted by atomic mass is 16.4. The summed E-state index contributed by atoms with van der Waals surface area (Å²) >= 11 is 0. The van der Waals surface area contributed by atoms with E-state index in [4.69, 9.17) is 17.2 Å². The molecule has 3 amide bonds. The third-order valence-electron chi connectivity index (χ3n) is 4.86. The first-order valence-electron chi connectivity index (χ1n) is 10.6. The van der Waals surface area contributed by atoms with Gasteiger partial charge in [-0.25, -0.2) is 4.79 Å². The van der Waals surface area contributed by atoms with E-state index < -0.39 is 54.0 Å². The molecule has 33 heavy (non-hydrogen) atoms. The molecule has 0 aliphatic rings. The first kappa shape index (κ1) is 28.0. The molecule has 0 unspecified atom stereocenters. The molecule has 0 aliphatic carbocycles. The van der Waals surface area contributed by atoms with E-state index >= 15 is 0 Å². The van der Waals surface area contributed by atoms with Crippen LogP contribution in [0.1, 0.15) is 25.3 Å². The number of carbonyl (C=O) groups excluding carboxylic acids is 3. The van der Waals surface area contributed by atoms with E-state index in [1.54, 1.807) is 30.3 Å². The Morgan fingerprint density at radius 2 is 1.42 bits per heavy atom. The molecule has 1 aromatic rings. The standard InChI is InChI=1S/C21H34N6O6/c1-12(28)17(21(32)33)27-20(31)16(11-13-5-3-2-4-6-13)26-19(30)15(8-10-23)25-18(29)14(24)7-9-22/h2-6,12,14-17,28H,7-11,22-24H2,1H3,(H,25,29)(H,26,30)(H,27,31)(H,32,33)/t12-,14+,15+,16-,17+/m1/s1. The molecule has 0 bridgehead atoms. The highest BCUT2D eigenvalue weighted by molar-refractivity contribution is 5.94. The van der Waals surface area contributed by atoms with Gasteiger partial charge in [0.25, 0.3) is 0 Å². The van der Waals surface area contributed by atoms with Gasteiger partial charge < -0.3 is 43.4 Å². The molecular weight excluding hydrogens is 432 g/mol. The zero-order chi connectivity index (χ0) is 25.0. The molecule has 0 fully saturated rings. The second-order valence-electron chi connectivity index (χ2n) is 7.64. The van der Waals surface area contributed by atoms with Crippen LogP contribution in [0.4, 0.5) is 0 Å². The van der Waals surface area contributed by atoms with Crippen LogP contribution in [0.15, 0.2) is 30.3 Å². The van der Waals surface area contributed by atoms with Crippen molar-refractivity contribution in [2.45, 2.75) is 56.5 Å². The molecule has 184 valence electrons. The fourth-order valence-corrected chi connectivity index (χ4v) is 3.00. The molecule has 5 atom stereocenters. The average molecular weight is 467 g/mol. The average Bonchev–Trinajstić information content (AvgIpc) is 2.76. The number of carboxylic acids is 1. The molecule has 1 rings (SSSR count). The summed E-state index contributed by atoms with van der Waals surface area (Å²) in [4.78, 5) is 49.4. The fraction of sp³-hybridized carbons (Fsp3) is 0.524. The van der Waals surface area contributed by atoms with Crippen molar-refractivity contribution in [3.63, 3.8) is 0 Å². The number of carboxylic acid groups (broad SMARTS) is 1. The molecule has 0 radical (unpaired) electrons. The lowest BCUT2D eigenvalue weighted by Gasteiger charge is -2.25. The van der Waals surface area contributed by atoms with Gasteiger partial charge in [0, 0.05) is 6.42 Å². The topological polar surface area (TPSA) is 223 Å². The van der Waals surface area contributed by atoms with Crippen LogP contribution in [0, 0.1) is 0 Å². The normalized spacial score (nSPS) is 15.4. The molecule has 11 N–H and O–H groups in total. The fourth-order valence-electron chi connectivity index (χ4n) is 3.00. The lowest BCUT2D eigenvalue weighted by atomic mass is 10.0. The Morgan fingerprint density at radius 1 is 0.879 bits per heavy atom. The molecule has 0 heterocycles. The van der Waals surface area contributed by atoms with Gasteiger partial charge in [0.05, 0.1) is 12.1 Å². The first-order chi connectivity index (χ1) is 15.6. The summed E-state index contributed by atoms with van der Waals surface area (Å²) in [6, 6.07) is 4.02. The molecule has 12 nitrogen and oxygen atoms in total. The first-order valence-corrected chi connectivity index (χ1v) is 10.6. The summed E-state index contributed by atoms with van der Waals surface area (Å²) in [5, 5.41) is 26.2. The number of amides is 3. The quantitative estimate of drug-likeness (QED) is 0.141. The maximum Gasteiger partial charge on any atom is 0.328 e. The van der Waals surface area contributed by atoms with Gasteiger partial charge in [-0.2, -0.15) is 0 Å². The van der Waals surface area contributed by atoms with Gasteiger partial charge in [-0.3, -0.25) is 14.4 Å². The zero-order valence-corrected chi connectivity index (χ0v) is 18.6. The number of aliphatic hydroxyl groups excluding tert-OH is 1. The van der Waals surface area contributed by atoms with Crippen LogP contribution in [-0.4, -0.2) is 77.3 Å². The van der Waals surface area contributed by atoms with Gasteiger partial charge in [0.2, 0.25) is 17.7 Å². The van der Waals surface area contributed by atoms with Crippen molar-refractivity contribution in [3.05, 3.63) is 35.9 Å². The molecule has 0 spiro atoms. The van der Waals surface area contributed by atoms with Crippen molar-refractivity contribution in [2.75, 3.05) is 13.1 Å². The zero-order valence-electron chi connectivity index (χ0n) is 18.6. The molecule has 0 saturated heterocycles. The van der Waals surface area contributed by atoms with E-state index in [0.29, 0.717) is 5.56 Å². The van der Waals surface area contributed by atoms with E-state index in [-0.39, 0.29) is 32.4 Å². The van der Waals surface area contributed by atoms with Crippen LogP contribution < -0.4 is 33.2 Å². The maximum atomic E-state index is 12.9. The predicted octanol–water partition coefficient (Wildman–Crippen LogP) is -2.83. The number of nitrogens with one attached hydrogen (secondary N) is 3. The number of nitrogens with two attached hydrogens (primary N) is 3. The van der Waals surface area contributed by atoms with Gasteiger partial charge in [-0.1, -0.05) is 30.3 Å². The summed E-state index contributed by atoms with van der Waals surface area (Å²) < 4.78 is 0. The van der Waals surface area contributed by atoms with E-state index in [1.807, 2.05) is 0 Å². The Bertz CT molecular complexity index is 791. The summed E-state index contributed by atoms with van der Waals surface area (Å²) in [5.74, 6) is -3.50. The Balaban J connectivity index is 3.05. The monoisotopic (exact) mass is 466 g/mol. The lowest BCUT2D eigenvalue weighted by molar-refractivity contribution is -0.145.